The fourth-order valence-electron chi connectivity index (χ4n) is 3.42. The summed E-state index contributed by atoms with van der Waals surface area (Å²) >= 11 is 0. The maximum atomic E-state index is 13.2. The zero-order valence-electron chi connectivity index (χ0n) is 16.0. The number of alkyl halides is 3. The lowest BCUT2D eigenvalue weighted by molar-refractivity contribution is -0.144. The van der Waals surface area contributed by atoms with E-state index >= 15 is 0 Å². The molecule has 3 aromatic rings. The van der Waals surface area contributed by atoms with Crippen LogP contribution in [-0.2, 0) is 6.18 Å². The van der Waals surface area contributed by atoms with Crippen LogP contribution in [0.15, 0.2) is 42.5 Å². The summed E-state index contributed by atoms with van der Waals surface area (Å²) in [5.41, 5.74) is 4.82. The average molecular weight is 386 g/mol. The number of benzene rings is 2. The van der Waals surface area contributed by atoms with Crippen LogP contribution >= 0.6 is 0 Å². The molecule has 146 valence electrons. The van der Waals surface area contributed by atoms with Crippen molar-refractivity contribution < 1.29 is 13.2 Å². The molecule has 0 radical (unpaired) electrons. The fraction of sp³-hybridized carbons (Fsp3) is 0.333. The second-order valence-electron chi connectivity index (χ2n) is 7.41. The minimum atomic E-state index is -4.60. The van der Waals surface area contributed by atoms with Crippen molar-refractivity contribution in [3.05, 3.63) is 59.4 Å². The van der Waals surface area contributed by atoms with Crippen LogP contribution in [0.25, 0.3) is 16.8 Å². The first-order valence-corrected chi connectivity index (χ1v) is 9.17. The molecule has 1 fully saturated rings. The number of halogens is 3. The summed E-state index contributed by atoms with van der Waals surface area (Å²) in [6.45, 7) is 1.91. The quantitative estimate of drug-likeness (QED) is 0.618. The molecule has 1 aliphatic carbocycles. The Morgan fingerprint density at radius 1 is 1.07 bits per heavy atom. The van der Waals surface area contributed by atoms with E-state index in [0.29, 0.717) is 11.6 Å². The van der Waals surface area contributed by atoms with Crippen LogP contribution in [-0.4, -0.2) is 28.9 Å². The van der Waals surface area contributed by atoms with Gasteiger partial charge in [-0.2, -0.15) is 22.8 Å². The molecule has 28 heavy (non-hydrogen) atoms. The lowest BCUT2D eigenvalue weighted by Crippen LogP contribution is -2.16. The molecule has 1 heterocycles. The highest BCUT2D eigenvalue weighted by molar-refractivity contribution is 5.72. The van der Waals surface area contributed by atoms with E-state index in [0.717, 1.165) is 29.5 Å². The Morgan fingerprint density at radius 3 is 2.32 bits per heavy atom. The first kappa shape index (κ1) is 18.5. The molecule has 1 aromatic heterocycles. The van der Waals surface area contributed by atoms with Crippen molar-refractivity contribution in [2.24, 2.45) is 0 Å². The molecule has 4 nitrogen and oxygen atoms in total. The molecule has 1 aliphatic rings. The Labute approximate surface area is 161 Å². The zero-order chi connectivity index (χ0) is 20.1. The molecule has 0 N–H and O–H groups in total. The van der Waals surface area contributed by atoms with Gasteiger partial charge in [0.25, 0.3) is 5.82 Å². The highest BCUT2D eigenvalue weighted by atomic mass is 19.4. The maximum Gasteiger partial charge on any atom is 0.453 e. The lowest BCUT2D eigenvalue weighted by Gasteiger charge is -2.18. The normalized spacial score (nSPS) is 14.4. The second-order valence-corrected chi connectivity index (χ2v) is 7.41. The maximum absolute atomic E-state index is 13.2. The number of nitrogens with zero attached hydrogens (tertiary/aromatic N) is 4. The minimum absolute atomic E-state index is 0.147. The van der Waals surface area contributed by atoms with Gasteiger partial charge in [-0.3, -0.25) is 0 Å². The Hall–Kier alpha value is -2.83. The van der Waals surface area contributed by atoms with Crippen molar-refractivity contribution in [1.82, 2.24) is 14.8 Å². The van der Waals surface area contributed by atoms with Gasteiger partial charge in [-0.25, -0.2) is 0 Å². The molecular formula is C21H21F3N4. The Balaban J connectivity index is 1.93. The molecule has 0 aliphatic heterocycles. The van der Waals surface area contributed by atoms with E-state index in [2.05, 4.69) is 16.1 Å². The predicted octanol–water partition coefficient (Wildman–Crippen LogP) is 5.20. The summed E-state index contributed by atoms with van der Waals surface area (Å²) < 4.78 is 41.0. The van der Waals surface area contributed by atoms with Gasteiger partial charge in [-0.15, -0.1) is 5.10 Å². The van der Waals surface area contributed by atoms with Crippen molar-refractivity contribution in [1.29, 1.82) is 0 Å². The van der Waals surface area contributed by atoms with E-state index in [-0.39, 0.29) is 5.95 Å². The molecule has 1 saturated carbocycles. The number of aromatic nitrogens is 3. The van der Waals surface area contributed by atoms with E-state index in [1.54, 1.807) is 19.0 Å². The Morgan fingerprint density at radius 2 is 1.75 bits per heavy atom. The SMILES string of the molecule is Cc1cc(C2CC2)c(-c2ccccc2)cc1-n1nc(C(F)(F)F)nc1N(C)C. The lowest BCUT2D eigenvalue weighted by atomic mass is 9.94. The van der Waals surface area contributed by atoms with Gasteiger partial charge in [0.05, 0.1) is 5.69 Å². The molecule has 0 bridgehead atoms. The molecule has 4 rings (SSSR count). The molecule has 2 aromatic carbocycles. The van der Waals surface area contributed by atoms with E-state index < -0.39 is 12.0 Å². The van der Waals surface area contributed by atoms with Crippen molar-refractivity contribution in [2.45, 2.75) is 31.9 Å². The number of anilines is 1. The zero-order valence-corrected chi connectivity index (χ0v) is 16.0. The monoisotopic (exact) mass is 386 g/mol. The summed E-state index contributed by atoms with van der Waals surface area (Å²) in [5, 5.41) is 3.80. The number of hydrogen-bond donors (Lipinski definition) is 0. The van der Waals surface area contributed by atoms with Crippen LogP contribution in [0.5, 0.6) is 0 Å². The molecular weight excluding hydrogens is 365 g/mol. The van der Waals surface area contributed by atoms with Crippen LogP contribution in [0.1, 0.15) is 35.7 Å². The summed E-state index contributed by atoms with van der Waals surface area (Å²) in [7, 11) is 3.32. The van der Waals surface area contributed by atoms with Crippen LogP contribution in [0.3, 0.4) is 0 Å². The number of rotatable bonds is 4. The molecule has 0 spiro atoms. The topological polar surface area (TPSA) is 34.0 Å². The predicted molar refractivity (Wildman–Crippen MR) is 103 cm³/mol. The van der Waals surface area contributed by atoms with Gasteiger partial charge >= 0.3 is 6.18 Å². The van der Waals surface area contributed by atoms with Crippen LogP contribution in [0.2, 0.25) is 0 Å². The summed E-state index contributed by atoms with van der Waals surface area (Å²) in [4.78, 5) is 5.26. The van der Waals surface area contributed by atoms with Gasteiger partial charge < -0.3 is 4.90 Å². The summed E-state index contributed by atoms with van der Waals surface area (Å²) in [6, 6.07) is 14.0. The Kier molecular flexibility index (Phi) is 4.40. The Bertz CT molecular complexity index is 1000. The fourth-order valence-corrected chi connectivity index (χ4v) is 3.42. The average Bonchev–Trinajstić information content (AvgIpc) is 3.38. The van der Waals surface area contributed by atoms with Crippen LogP contribution in [0, 0.1) is 6.92 Å². The first-order valence-electron chi connectivity index (χ1n) is 9.17. The van der Waals surface area contributed by atoms with Crippen molar-refractivity contribution in [3.63, 3.8) is 0 Å². The third-order valence-electron chi connectivity index (χ3n) is 4.94. The van der Waals surface area contributed by atoms with Gasteiger partial charge in [0.2, 0.25) is 5.95 Å². The largest absolute Gasteiger partial charge is 0.453 e. The molecule has 0 amide bonds. The third kappa shape index (κ3) is 3.37. The molecule has 0 atom stereocenters. The highest BCUT2D eigenvalue weighted by Gasteiger charge is 2.38. The van der Waals surface area contributed by atoms with Gasteiger partial charge in [0.15, 0.2) is 0 Å². The smallest absolute Gasteiger partial charge is 0.347 e. The summed E-state index contributed by atoms with van der Waals surface area (Å²) in [5.74, 6) is -0.477. The van der Waals surface area contributed by atoms with Crippen molar-refractivity contribution in [3.8, 4) is 16.8 Å². The number of hydrogen-bond acceptors (Lipinski definition) is 3. The van der Waals surface area contributed by atoms with Crippen LogP contribution < -0.4 is 4.90 Å². The molecule has 7 heteroatoms. The van der Waals surface area contributed by atoms with Gasteiger partial charge in [0, 0.05) is 14.1 Å². The van der Waals surface area contributed by atoms with E-state index in [9.17, 15) is 13.2 Å². The van der Waals surface area contributed by atoms with Gasteiger partial charge in [0.1, 0.15) is 0 Å². The van der Waals surface area contributed by atoms with Crippen molar-refractivity contribution >= 4 is 5.95 Å². The highest BCUT2D eigenvalue weighted by Crippen LogP contribution is 2.46. The standard InChI is InChI=1S/C21H21F3N4/c1-13-11-16(15-9-10-15)17(14-7-5-4-6-8-14)12-18(13)28-20(27(2)3)25-19(26-28)21(22,23)24/h4-8,11-12,15H,9-10H2,1-3H3. The van der Waals surface area contributed by atoms with Gasteiger partial charge in [-0.05, 0) is 54.0 Å². The van der Waals surface area contributed by atoms with Crippen molar-refractivity contribution in [2.75, 3.05) is 19.0 Å². The number of aryl methyl sites for hydroxylation is 1. The van der Waals surface area contributed by atoms with Gasteiger partial charge in [-0.1, -0.05) is 36.4 Å². The minimum Gasteiger partial charge on any atom is -0.347 e. The van der Waals surface area contributed by atoms with E-state index in [1.165, 1.54) is 10.2 Å². The van der Waals surface area contributed by atoms with E-state index in [4.69, 9.17) is 0 Å². The van der Waals surface area contributed by atoms with Crippen LogP contribution in [0.4, 0.5) is 19.1 Å². The molecule has 0 saturated heterocycles. The molecule has 0 unspecified atom stereocenters. The van der Waals surface area contributed by atoms with E-state index in [1.807, 2.05) is 43.3 Å². The summed E-state index contributed by atoms with van der Waals surface area (Å²) in [6.07, 6.45) is -2.31. The first-order chi connectivity index (χ1) is 13.3. The third-order valence-corrected chi connectivity index (χ3v) is 4.94. The second kappa shape index (κ2) is 6.65.